The Labute approximate surface area is 156 Å². The first-order valence-electron chi connectivity index (χ1n) is 8.82. The standard InChI is InChI=1S/C24H25N2/c1-4-26-17-16-22(19-24(26)18-21-8-6-5-7-9-21)11-10-20-12-14-23(15-13-20)25(2)3/h4-17,19H,1,18H2,2-3H3/q+1. The predicted molar refractivity (Wildman–Crippen MR) is 112 cm³/mol. The normalized spacial score (nSPS) is 10.8. The topological polar surface area (TPSA) is 7.12 Å². The van der Waals surface area contributed by atoms with E-state index in [0.29, 0.717) is 0 Å². The molecule has 0 saturated heterocycles. The minimum Gasteiger partial charge on any atom is -0.378 e. The first kappa shape index (κ1) is 17.7. The molecule has 26 heavy (non-hydrogen) atoms. The smallest absolute Gasteiger partial charge is 0.191 e. The highest BCUT2D eigenvalue weighted by molar-refractivity contribution is 5.70. The average molecular weight is 341 g/mol. The molecule has 130 valence electrons. The second kappa shape index (κ2) is 8.30. The molecule has 1 aromatic heterocycles. The third kappa shape index (κ3) is 4.48. The van der Waals surface area contributed by atoms with Gasteiger partial charge in [0.2, 0.25) is 0 Å². The van der Waals surface area contributed by atoms with Crippen molar-refractivity contribution in [2.75, 3.05) is 19.0 Å². The van der Waals surface area contributed by atoms with Crippen LogP contribution in [0.2, 0.25) is 0 Å². The van der Waals surface area contributed by atoms with Crippen LogP contribution in [0.3, 0.4) is 0 Å². The second-order valence-corrected chi connectivity index (χ2v) is 6.52. The number of pyridine rings is 1. The van der Waals surface area contributed by atoms with Crippen LogP contribution in [0.4, 0.5) is 5.69 Å². The summed E-state index contributed by atoms with van der Waals surface area (Å²) in [6, 6.07) is 23.4. The Morgan fingerprint density at radius 3 is 2.23 bits per heavy atom. The minimum atomic E-state index is 0.881. The van der Waals surface area contributed by atoms with E-state index in [2.05, 4.69) is 109 Å². The van der Waals surface area contributed by atoms with Crippen molar-refractivity contribution in [2.24, 2.45) is 0 Å². The number of nitrogens with zero attached hydrogens (tertiary/aromatic N) is 2. The van der Waals surface area contributed by atoms with Crippen LogP contribution < -0.4 is 9.47 Å². The molecule has 0 amide bonds. The Balaban J connectivity index is 1.81. The number of aromatic nitrogens is 1. The van der Waals surface area contributed by atoms with Gasteiger partial charge in [0.15, 0.2) is 18.1 Å². The van der Waals surface area contributed by atoms with E-state index in [4.69, 9.17) is 0 Å². The van der Waals surface area contributed by atoms with Crippen LogP contribution in [0.1, 0.15) is 22.4 Å². The number of benzene rings is 2. The molecular formula is C24H25N2+. The maximum absolute atomic E-state index is 3.92. The quantitative estimate of drug-likeness (QED) is 0.578. The molecule has 0 aliphatic rings. The Morgan fingerprint density at radius 1 is 0.885 bits per heavy atom. The Kier molecular flexibility index (Phi) is 5.65. The third-order valence-corrected chi connectivity index (χ3v) is 4.39. The summed E-state index contributed by atoms with van der Waals surface area (Å²) in [6.07, 6.45) is 9.11. The average Bonchev–Trinajstić information content (AvgIpc) is 2.67. The maximum atomic E-state index is 3.92. The molecule has 3 aromatic rings. The van der Waals surface area contributed by atoms with Gasteiger partial charge in [-0.1, -0.05) is 54.6 Å². The van der Waals surface area contributed by atoms with Crippen molar-refractivity contribution >= 4 is 24.0 Å². The minimum absolute atomic E-state index is 0.881. The fourth-order valence-corrected chi connectivity index (χ4v) is 2.88. The first-order chi connectivity index (χ1) is 12.7. The van der Waals surface area contributed by atoms with Crippen molar-refractivity contribution in [1.82, 2.24) is 0 Å². The van der Waals surface area contributed by atoms with Crippen LogP contribution in [0.25, 0.3) is 18.4 Å². The number of rotatable bonds is 6. The van der Waals surface area contributed by atoms with Crippen molar-refractivity contribution in [3.8, 4) is 0 Å². The summed E-state index contributed by atoms with van der Waals surface area (Å²) in [6.45, 7) is 3.92. The summed E-state index contributed by atoms with van der Waals surface area (Å²) >= 11 is 0. The predicted octanol–water partition coefficient (Wildman–Crippen LogP) is 4.90. The molecule has 2 nitrogen and oxygen atoms in total. The summed E-state index contributed by atoms with van der Waals surface area (Å²) in [4.78, 5) is 2.11. The number of hydrogen-bond acceptors (Lipinski definition) is 1. The Hall–Kier alpha value is -3.13. The van der Waals surface area contributed by atoms with Gasteiger partial charge < -0.3 is 4.90 Å². The molecule has 2 aromatic carbocycles. The van der Waals surface area contributed by atoms with Crippen LogP contribution in [0.15, 0.2) is 79.5 Å². The lowest BCUT2D eigenvalue weighted by Gasteiger charge is -2.11. The highest BCUT2D eigenvalue weighted by Gasteiger charge is 2.09. The largest absolute Gasteiger partial charge is 0.378 e. The Morgan fingerprint density at radius 2 is 1.58 bits per heavy atom. The number of anilines is 1. The van der Waals surface area contributed by atoms with E-state index in [1.807, 2.05) is 12.3 Å². The molecular weight excluding hydrogens is 316 g/mol. The molecule has 0 saturated carbocycles. The van der Waals surface area contributed by atoms with Gasteiger partial charge in [-0.25, -0.2) is 0 Å². The van der Waals surface area contributed by atoms with Gasteiger partial charge in [-0.2, -0.15) is 4.57 Å². The van der Waals surface area contributed by atoms with Gasteiger partial charge in [0, 0.05) is 31.9 Å². The molecule has 3 rings (SSSR count). The third-order valence-electron chi connectivity index (χ3n) is 4.39. The van der Waals surface area contributed by atoms with Crippen LogP contribution in [-0.2, 0) is 6.42 Å². The molecule has 0 radical (unpaired) electrons. The zero-order chi connectivity index (χ0) is 18.4. The van der Waals surface area contributed by atoms with Gasteiger partial charge in [-0.3, -0.25) is 0 Å². The van der Waals surface area contributed by atoms with Crippen LogP contribution in [0.5, 0.6) is 0 Å². The van der Waals surface area contributed by atoms with E-state index < -0.39 is 0 Å². The van der Waals surface area contributed by atoms with Crippen molar-refractivity contribution in [3.63, 3.8) is 0 Å². The highest BCUT2D eigenvalue weighted by Crippen LogP contribution is 2.15. The van der Waals surface area contributed by atoms with Gasteiger partial charge in [0.1, 0.15) is 0 Å². The second-order valence-electron chi connectivity index (χ2n) is 6.52. The maximum Gasteiger partial charge on any atom is 0.191 e. The van der Waals surface area contributed by atoms with Gasteiger partial charge in [0.25, 0.3) is 0 Å². The molecule has 0 atom stereocenters. The van der Waals surface area contributed by atoms with Gasteiger partial charge in [-0.15, -0.1) is 0 Å². The van der Waals surface area contributed by atoms with E-state index in [1.165, 1.54) is 28.1 Å². The van der Waals surface area contributed by atoms with E-state index in [9.17, 15) is 0 Å². The molecule has 0 fully saturated rings. The van der Waals surface area contributed by atoms with Crippen molar-refractivity contribution in [3.05, 3.63) is 102 Å². The SMILES string of the molecule is C=C[n+]1ccc(C=Cc2ccc(N(C)C)cc2)cc1Cc1ccccc1. The summed E-state index contributed by atoms with van der Waals surface area (Å²) in [5.74, 6) is 0. The van der Waals surface area contributed by atoms with Gasteiger partial charge in [-0.05, 0) is 35.4 Å². The molecule has 1 heterocycles. The number of hydrogen-bond donors (Lipinski definition) is 0. The summed E-state index contributed by atoms with van der Waals surface area (Å²) in [7, 11) is 4.11. The first-order valence-corrected chi connectivity index (χ1v) is 8.82. The molecule has 0 N–H and O–H groups in total. The van der Waals surface area contributed by atoms with E-state index in [1.54, 1.807) is 0 Å². The molecule has 0 aliphatic carbocycles. The van der Waals surface area contributed by atoms with Crippen molar-refractivity contribution in [2.45, 2.75) is 6.42 Å². The van der Waals surface area contributed by atoms with E-state index >= 15 is 0 Å². The Bertz CT molecular complexity index is 891. The molecule has 2 heteroatoms. The summed E-state index contributed by atoms with van der Waals surface area (Å²) in [5, 5.41) is 0. The molecule has 0 aliphatic heterocycles. The monoisotopic (exact) mass is 341 g/mol. The lowest BCUT2D eigenvalue weighted by molar-refractivity contribution is -0.576. The molecule has 0 spiro atoms. The van der Waals surface area contributed by atoms with Crippen molar-refractivity contribution < 1.29 is 4.57 Å². The fourth-order valence-electron chi connectivity index (χ4n) is 2.88. The summed E-state index contributed by atoms with van der Waals surface area (Å²) < 4.78 is 2.08. The zero-order valence-corrected chi connectivity index (χ0v) is 15.5. The summed E-state index contributed by atoms with van der Waals surface area (Å²) in [5.41, 5.74) is 6.10. The lowest BCUT2D eigenvalue weighted by atomic mass is 10.1. The van der Waals surface area contributed by atoms with E-state index in [-0.39, 0.29) is 0 Å². The van der Waals surface area contributed by atoms with E-state index in [0.717, 1.165) is 6.42 Å². The fraction of sp³-hybridized carbons (Fsp3) is 0.125. The van der Waals surface area contributed by atoms with Gasteiger partial charge in [0.05, 0.1) is 6.42 Å². The van der Waals surface area contributed by atoms with Gasteiger partial charge >= 0.3 is 0 Å². The van der Waals surface area contributed by atoms with Crippen LogP contribution in [0, 0.1) is 0 Å². The lowest BCUT2D eigenvalue weighted by Crippen LogP contribution is -2.31. The molecule has 0 unspecified atom stereocenters. The molecule has 0 bridgehead atoms. The zero-order valence-electron chi connectivity index (χ0n) is 15.5. The van der Waals surface area contributed by atoms with Crippen LogP contribution in [-0.4, -0.2) is 14.1 Å². The van der Waals surface area contributed by atoms with Crippen molar-refractivity contribution in [1.29, 1.82) is 0 Å². The highest BCUT2D eigenvalue weighted by atomic mass is 15.1. The van der Waals surface area contributed by atoms with Crippen LogP contribution >= 0.6 is 0 Å².